The molecule has 0 aliphatic carbocycles. The van der Waals surface area contributed by atoms with Gasteiger partial charge < -0.3 is 14.2 Å². The zero-order chi connectivity index (χ0) is 16.5. The molecule has 0 aliphatic rings. The Bertz CT molecular complexity index is 620. The molecule has 116 valence electrons. The first-order chi connectivity index (χ1) is 10.5. The summed E-state index contributed by atoms with van der Waals surface area (Å²) in [5.74, 6) is -1.12. The van der Waals surface area contributed by atoms with Crippen molar-refractivity contribution in [2.24, 2.45) is 0 Å². The van der Waals surface area contributed by atoms with Crippen LogP contribution in [0.1, 0.15) is 5.56 Å². The molecule has 0 N–H and O–H groups in total. The zero-order valence-electron chi connectivity index (χ0n) is 11.7. The van der Waals surface area contributed by atoms with Crippen LogP contribution >= 0.6 is 0 Å². The normalized spacial score (nSPS) is 10.8. The van der Waals surface area contributed by atoms with Crippen LogP contribution in [0.5, 0.6) is 11.5 Å². The molecule has 0 unspecified atom stereocenters. The van der Waals surface area contributed by atoms with Crippen LogP contribution in [0, 0.1) is 11.3 Å². The Morgan fingerprint density at radius 2 is 2.23 bits per heavy atom. The topological polar surface area (TPSA) is 68.6 Å². The second-order valence-corrected chi connectivity index (χ2v) is 3.81. The number of benzene rings is 1. The molecule has 1 aromatic rings. The number of carbonyl (C=O) groups excluding carboxylic acids is 1. The lowest BCUT2D eigenvalue weighted by Crippen LogP contribution is -2.08. The van der Waals surface area contributed by atoms with Gasteiger partial charge in [0.05, 0.1) is 7.11 Å². The van der Waals surface area contributed by atoms with Crippen molar-refractivity contribution in [3.8, 4) is 17.6 Å². The second kappa shape index (κ2) is 8.42. The lowest BCUT2D eigenvalue weighted by molar-refractivity contribution is -0.137. The first kappa shape index (κ1) is 17.2. The van der Waals surface area contributed by atoms with Crippen LogP contribution in [0.3, 0.4) is 0 Å². The van der Waals surface area contributed by atoms with Gasteiger partial charge in [0.2, 0.25) is 0 Å². The number of hydrogen-bond acceptors (Lipinski definition) is 5. The molecule has 22 heavy (non-hydrogen) atoms. The quantitative estimate of drug-likeness (QED) is 0.335. The summed E-state index contributed by atoms with van der Waals surface area (Å²) in [6.45, 7) is 0.217. The van der Waals surface area contributed by atoms with E-state index in [1.54, 1.807) is 6.07 Å². The Labute approximate surface area is 126 Å². The highest BCUT2D eigenvalue weighted by atomic mass is 19.3. The molecule has 0 saturated heterocycles. The maximum absolute atomic E-state index is 12.5. The van der Waals surface area contributed by atoms with E-state index in [0.717, 1.165) is 6.08 Å². The molecule has 0 aromatic heterocycles. The third-order valence-corrected chi connectivity index (χ3v) is 2.41. The van der Waals surface area contributed by atoms with Crippen molar-refractivity contribution in [2.75, 3.05) is 13.7 Å². The first-order valence-corrected chi connectivity index (χ1v) is 6.05. The Morgan fingerprint density at radius 1 is 1.50 bits per heavy atom. The fraction of sp³-hybridized carbons (Fsp3) is 0.200. The number of rotatable bonds is 7. The van der Waals surface area contributed by atoms with Gasteiger partial charge in [-0.25, -0.2) is 4.79 Å². The van der Waals surface area contributed by atoms with E-state index in [4.69, 9.17) is 14.7 Å². The van der Waals surface area contributed by atoms with E-state index >= 15 is 0 Å². The van der Waals surface area contributed by atoms with Crippen molar-refractivity contribution in [1.82, 2.24) is 0 Å². The monoisotopic (exact) mass is 309 g/mol. The van der Waals surface area contributed by atoms with Crippen molar-refractivity contribution >= 4 is 12.0 Å². The van der Waals surface area contributed by atoms with E-state index in [9.17, 15) is 13.6 Å². The molecule has 1 aromatic carbocycles. The minimum atomic E-state index is -3.08. The Hall–Kier alpha value is -2.88. The molecule has 0 radical (unpaired) electrons. The van der Waals surface area contributed by atoms with E-state index in [2.05, 4.69) is 11.3 Å². The third-order valence-electron chi connectivity index (χ3n) is 2.41. The van der Waals surface area contributed by atoms with Crippen LogP contribution in [0.25, 0.3) is 6.08 Å². The first-order valence-electron chi connectivity index (χ1n) is 6.05. The number of alkyl halides is 2. The van der Waals surface area contributed by atoms with Crippen molar-refractivity contribution in [3.05, 3.63) is 42.0 Å². The summed E-state index contributed by atoms with van der Waals surface area (Å²) in [5, 5.41) is 8.99. The van der Waals surface area contributed by atoms with Crippen LogP contribution < -0.4 is 9.47 Å². The van der Waals surface area contributed by atoms with Gasteiger partial charge in [0.15, 0.2) is 11.5 Å². The average Bonchev–Trinajstić information content (AvgIpc) is 2.50. The fourth-order valence-electron chi connectivity index (χ4n) is 1.53. The summed E-state index contributed by atoms with van der Waals surface area (Å²) in [4.78, 5) is 11.6. The SMILES string of the molecule is C=CCOC(=O)/C(C#N)=C/c1cccc(OC)c1OC(F)F. The molecular weight excluding hydrogens is 296 g/mol. The number of hydrogen-bond donors (Lipinski definition) is 0. The molecule has 0 saturated carbocycles. The molecule has 7 heteroatoms. The Balaban J connectivity index is 3.23. The summed E-state index contributed by atoms with van der Waals surface area (Å²) in [6, 6.07) is 5.97. The average molecular weight is 309 g/mol. The van der Waals surface area contributed by atoms with Crippen molar-refractivity contribution in [3.63, 3.8) is 0 Å². The minimum Gasteiger partial charge on any atom is -0.493 e. The van der Waals surface area contributed by atoms with Crippen molar-refractivity contribution < 1.29 is 27.8 Å². The van der Waals surface area contributed by atoms with Crippen LogP contribution in [-0.4, -0.2) is 26.3 Å². The smallest absolute Gasteiger partial charge is 0.387 e. The van der Waals surface area contributed by atoms with E-state index in [-0.39, 0.29) is 29.2 Å². The van der Waals surface area contributed by atoms with Gasteiger partial charge in [-0.3, -0.25) is 0 Å². The van der Waals surface area contributed by atoms with Crippen LogP contribution in [0.4, 0.5) is 8.78 Å². The number of para-hydroxylation sites is 1. The number of esters is 1. The van der Waals surface area contributed by atoms with Crippen molar-refractivity contribution in [1.29, 1.82) is 5.26 Å². The van der Waals surface area contributed by atoms with E-state index in [0.29, 0.717) is 0 Å². The number of carbonyl (C=O) groups is 1. The lowest BCUT2D eigenvalue weighted by Gasteiger charge is -2.12. The third kappa shape index (κ3) is 4.59. The highest BCUT2D eigenvalue weighted by Crippen LogP contribution is 2.33. The van der Waals surface area contributed by atoms with Gasteiger partial charge in [-0.05, 0) is 12.1 Å². The Morgan fingerprint density at radius 3 is 2.77 bits per heavy atom. The standard InChI is InChI=1S/C15H13F2NO4/c1-3-7-21-14(19)11(9-18)8-10-5-4-6-12(20-2)13(10)22-15(16)17/h3-6,8,15H,1,7H2,2H3/b11-8+. The largest absolute Gasteiger partial charge is 0.493 e. The van der Waals surface area contributed by atoms with Gasteiger partial charge in [-0.2, -0.15) is 14.0 Å². The summed E-state index contributed by atoms with van der Waals surface area (Å²) in [7, 11) is 1.28. The van der Waals surface area contributed by atoms with Crippen LogP contribution in [0.2, 0.25) is 0 Å². The molecule has 0 amide bonds. The number of ether oxygens (including phenoxy) is 3. The van der Waals surface area contributed by atoms with Crippen molar-refractivity contribution in [2.45, 2.75) is 6.61 Å². The molecule has 0 bridgehead atoms. The zero-order valence-corrected chi connectivity index (χ0v) is 11.7. The van der Waals surface area contributed by atoms with Gasteiger partial charge in [0.25, 0.3) is 0 Å². The van der Waals surface area contributed by atoms with E-state index in [1.807, 2.05) is 0 Å². The number of nitrogens with zero attached hydrogens (tertiary/aromatic N) is 1. The molecule has 5 nitrogen and oxygen atoms in total. The highest BCUT2D eigenvalue weighted by Gasteiger charge is 2.17. The predicted molar refractivity (Wildman–Crippen MR) is 74.4 cm³/mol. The van der Waals surface area contributed by atoms with Gasteiger partial charge in [0, 0.05) is 5.56 Å². The molecule has 0 heterocycles. The van der Waals surface area contributed by atoms with E-state index < -0.39 is 12.6 Å². The molecular formula is C15H13F2NO4. The molecule has 0 fully saturated rings. The number of nitriles is 1. The van der Waals surface area contributed by atoms with Gasteiger partial charge in [0.1, 0.15) is 18.2 Å². The fourth-order valence-corrected chi connectivity index (χ4v) is 1.53. The van der Waals surface area contributed by atoms with Gasteiger partial charge in [-0.1, -0.05) is 24.8 Å². The number of methoxy groups -OCH3 is 1. The lowest BCUT2D eigenvalue weighted by atomic mass is 10.1. The summed E-state index contributed by atoms with van der Waals surface area (Å²) >= 11 is 0. The Kier molecular flexibility index (Phi) is 6.57. The molecule has 0 atom stereocenters. The summed E-state index contributed by atoms with van der Waals surface area (Å²) in [5.41, 5.74) is -0.277. The molecule has 1 rings (SSSR count). The molecule has 0 spiro atoms. The minimum absolute atomic E-state index is 0.0470. The van der Waals surface area contributed by atoms with E-state index in [1.165, 1.54) is 31.4 Å². The van der Waals surface area contributed by atoms with Crippen LogP contribution in [-0.2, 0) is 9.53 Å². The van der Waals surface area contributed by atoms with Gasteiger partial charge in [-0.15, -0.1) is 0 Å². The maximum Gasteiger partial charge on any atom is 0.387 e. The summed E-state index contributed by atoms with van der Waals surface area (Å²) < 4.78 is 39.0. The highest BCUT2D eigenvalue weighted by molar-refractivity contribution is 5.98. The maximum atomic E-state index is 12.5. The molecule has 0 aliphatic heterocycles. The van der Waals surface area contributed by atoms with Gasteiger partial charge >= 0.3 is 12.6 Å². The van der Waals surface area contributed by atoms with Crippen LogP contribution in [0.15, 0.2) is 36.4 Å². The predicted octanol–water partition coefficient (Wildman–Crippen LogP) is 2.93. The summed E-state index contributed by atoms with van der Waals surface area (Å²) in [6.07, 6.45) is 2.43. The second-order valence-electron chi connectivity index (χ2n) is 3.81. The number of halogens is 2.